The molecule has 4 heteroatoms. The van der Waals surface area contributed by atoms with E-state index < -0.39 is 7.29 Å². The molecule has 3 nitrogen and oxygen atoms in total. The molecule has 2 saturated heterocycles. The molecule has 0 radical (unpaired) electrons. The molecule has 0 aromatic rings. The molecule has 2 heterocycles. The van der Waals surface area contributed by atoms with Gasteiger partial charge in [-0.1, -0.05) is 20.8 Å². The summed E-state index contributed by atoms with van der Waals surface area (Å²) in [4.78, 5) is 0. The van der Waals surface area contributed by atoms with E-state index in [1.54, 1.807) is 0 Å². The van der Waals surface area contributed by atoms with Gasteiger partial charge in [0.25, 0.3) is 0 Å². The Labute approximate surface area is 105 Å². The standard InChI is InChI=1S/C13H26NO2P/c1-13(2,3)12-4-10-17(15,11-5-12)14-6-8-16-9-7-14/h12H,4-11H2,1-3H3. The minimum atomic E-state index is -2.04. The lowest BCUT2D eigenvalue weighted by atomic mass is 9.77. The first kappa shape index (κ1) is 13.6. The molecule has 17 heavy (non-hydrogen) atoms. The monoisotopic (exact) mass is 259 g/mol. The van der Waals surface area contributed by atoms with Crippen LogP contribution in [-0.4, -0.2) is 43.3 Å². The molecule has 0 amide bonds. The fourth-order valence-corrected chi connectivity index (χ4v) is 6.15. The van der Waals surface area contributed by atoms with E-state index in [0.717, 1.165) is 57.4 Å². The third kappa shape index (κ3) is 3.13. The maximum atomic E-state index is 12.9. The van der Waals surface area contributed by atoms with Crippen LogP contribution in [0.15, 0.2) is 0 Å². The van der Waals surface area contributed by atoms with Crippen LogP contribution in [0.3, 0.4) is 0 Å². The largest absolute Gasteiger partial charge is 0.379 e. The third-order valence-corrected chi connectivity index (χ3v) is 7.73. The van der Waals surface area contributed by atoms with Crippen LogP contribution >= 0.6 is 7.29 Å². The van der Waals surface area contributed by atoms with Crippen LogP contribution in [0.2, 0.25) is 0 Å². The zero-order chi connectivity index (χ0) is 12.5. The topological polar surface area (TPSA) is 29.5 Å². The minimum absolute atomic E-state index is 0.371. The van der Waals surface area contributed by atoms with Crippen molar-refractivity contribution in [3.8, 4) is 0 Å². The number of morpholine rings is 1. The van der Waals surface area contributed by atoms with Crippen molar-refractivity contribution in [2.75, 3.05) is 38.6 Å². The highest BCUT2D eigenvalue weighted by atomic mass is 31.2. The second-order valence-electron chi connectivity index (χ2n) is 6.50. The molecule has 0 aromatic heterocycles. The molecule has 0 aromatic carbocycles. The summed E-state index contributed by atoms with van der Waals surface area (Å²) in [7, 11) is -2.04. The van der Waals surface area contributed by atoms with E-state index in [1.807, 2.05) is 0 Å². The summed E-state index contributed by atoms with van der Waals surface area (Å²) < 4.78 is 20.5. The maximum absolute atomic E-state index is 12.9. The fourth-order valence-electron chi connectivity index (χ4n) is 3.04. The number of hydrogen-bond acceptors (Lipinski definition) is 2. The first-order chi connectivity index (χ1) is 7.92. The molecule has 0 bridgehead atoms. The van der Waals surface area contributed by atoms with Gasteiger partial charge in [-0.05, 0) is 24.2 Å². The van der Waals surface area contributed by atoms with Crippen LogP contribution in [0.1, 0.15) is 33.6 Å². The molecule has 0 saturated carbocycles. The Morgan fingerprint density at radius 1 is 1.12 bits per heavy atom. The second kappa shape index (κ2) is 5.03. The van der Waals surface area contributed by atoms with Crippen molar-refractivity contribution in [2.24, 2.45) is 11.3 Å². The summed E-state index contributed by atoms with van der Waals surface area (Å²) in [5.74, 6) is 0.741. The van der Waals surface area contributed by atoms with Crippen molar-refractivity contribution in [1.82, 2.24) is 4.67 Å². The lowest BCUT2D eigenvalue weighted by molar-refractivity contribution is 0.0710. The summed E-state index contributed by atoms with van der Waals surface area (Å²) in [6, 6.07) is 0. The van der Waals surface area contributed by atoms with Crippen molar-refractivity contribution in [3.05, 3.63) is 0 Å². The molecule has 100 valence electrons. The first-order valence-corrected chi connectivity index (χ1v) is 8.86. The maximum Gasteiger partial charge on any atom is 0.150 e. The highest BCUT2D eigenvalue weighted by Gasteiger charge is 2.38. The number of hydrogen-bond donors (Lipinski definition) is 0. The molecule has 2 aliphatic heterocycles. The SMILES string of the molecule is CC(C)(C)C1CCP(=O)(N2CCOCC2)CC1. The highest BCUT2D eigenvalue weighted by Crippen LogP contribution is 2.56. The zero-order valence-electron chi connectivity index (χ0n) is 11.4. The van der Waals surface area contributed by atoms with E-state index in [9.17, 15) is 4.57 Å². The van der Waals surface area contributed by atoms with Gasteiger partial charge in [-0.15, -0.1) is 0 Å². The van der Waals surface area contributed by atoms with Gasteiger partial charge in [0.2, 0.25) is 0 Å². The summed E-state index contributed by atoms with van der Waals surface area (Å²) in [6.07, 6.45) is 4.13. The number of rotatable bonds is 1. The van der Waals surface area contributed by atoms with Gasteiger partial charge in [0, 0.05) is 25.4 Å². The van der Waals surface area contributed by atoms with Crippen molar-refractivity contribution in [2.45, 2.75) is 33.6 Å². The van der Waals surface area contributed by atoms with Crippen LogP contribution in [0.4, 0.5) is 0 Å². The van der Waals surface area contributed by atoms with Crippen LogP contribution in [-0.2, 0) is 9.30 Å². The van der Waals surface area contributed by atoms with Crippen molar-refractivity contribution >= 4 is 7.29 Å². The Morgan fingerprint density at radius 3 is 2.12 bits per heavy atom. The van der Waals surface area contributed by atoms with E-state index in [1.165, 1.54) is 0 Å². The highest BCUT2D eigenvalue weighted by molar-refractivity contribution is 7.61. The van der Waals surface area contributed by atoms with Gasteiger partial charge in [0.1, 0.15) is 0 Å². The quantitative estimate of drug-likeness (QED) is 0.678. The van der Waals surface area contributed by atoms with Gasteiger partial charge in [-0.2, -0.15) is 0 Å². The van der Waals surface area contributed by atoms with Crippen molar-refractivity contribution in [1.29, 1.82) is 0 Å². The van der Waals surface area contributed by atoms with E-state index in [0.29, 0.717) is 5.41 Å². The molecule has 2 fully saturated rings. The van der Waals surface area contributed by atoms with Gasteiger partial charge < -0.3 is 9.30 Å². The van der Waals surface area contributed by atoms with Gasteiger partial charge >= 0.3 is 0 Å². The van der Waals surface area contributed by atoms with E-state index in [4.69, 9.17) is 4.74 Å². The van der Waals surface area contributed by atoms with Gasteiger partial charge in [0.15, 0.2) is 7.29 Å². The van der Waals surface area contributed by atoms with Crippen molar-refractivity contribution in [3.63, 3.8) is 0 Å². The number of nitrogens with zero attached hydrogens (tertiary/aromatic N) is 1. The van der Waals surface area contributed by atoms with Gasteiger partial charge in [-0.3, -0.25) is 0 Å². The van der Waals surface area contributed by atoms with E-state index in [2.05, 4.69) is 25.4 Å². The molecular weight excluding hydrogens is 233 g/mol. The summed E-state index contributed by atoms with van der Waals surface area (Å²) in [5, 5.41) is 0. The first-order valence-electron chi connectivity index (χ1n) is 6.83. The predicted octanol–water partition coefficient (Wildman–Crippen LogP) is 3.05. The van der Waals surface area contributed by atoms with Crippen LogP contribution in [0, 0.1) is 11.3 Å². The molecule has 0 unspecified atom stereocenters. The lowest BCUT2D eigenvalue weighted by Gasteiger charge is -2.42. The summed E-state index contributed by atoms with van der Waals surface area (Å²) in [6.45, 7) is 10.2. The smallest absolute Gasteiger partial charge is 0.150 e. The minimum Gasteiger partial charge on any atom is -0.379 e. The summed E-state index contributed by atoms with van der Waals surface area (Å²) >= 11 is 0. The predicted molar refractivity (Wildman–Crippen MR) is 71.9 cm³/mol. The lowest BCUT2D eigenvalue weighted by Crippen LogP contribution is -2.38. The molecule has 0 spiro atoms. The summed E-state index contributed by atoms with van der Waals surface area (Å²) in [5.41, 5.74) is 0.371. The zero-order valence-corrected chi connectivity index (χ0v) is 12.3. The Hall–Kier alpha value is 0.150. The van der Waals surface area contributed by atoms with Crippen LogP contribution in [0.25, 0.3) is 0 Å². The molecule has 2 aliphatic rings. The molecule has 2 rings (SSSR count). The second-order valence-corrected chi connectivity index (χ2v) is 9.65. The molecule has 0 atom stereocenters. The molecular formula is C13H26NO2P. The Kier molecular flexibility index (Phi) is 4.02. The molecule has 0 aliphatic carbocycles. The van der Waals surface area contributed by atoms with Crippen LogP contribution in [0.5, 0.6) is 0 Å². The van der Waals surface area contributed by atoms with Crippen molar-refractivity contribution < 1.29 is 9.30 Å². The van der Waals surface area contributed by atoms with Crippen LogP contribution < -0.4 is 0 Å². The van der Waals surface area contributed by atoms with Gasteiger partial charge in [0.05, 0.1) is 13.2 Å². The normalized spacial score (nSPS) is 37.0. The third-order valence-electron chi connectivity index (χ3n) is 4.38. The Morgan fingerprint density at radius 2 is 1.65 bits per heavy atom. The molecule has 0 N–H and O–H groups in total. The van der Waals surface area contributed by atoms with E-state index >= 15 is 0 Å². The average molecular weight is 259 g/mol. The number of ether oxygens (including phenoxy) is 1. The van der Waals surface area contributed by atoms with Gasteiger partial charge in [-0.25, -0.2) is 4.67 Å². The Balaban J connectivity index is 1.95. The Bertz CT molecular complexity index is 293. The average Bonchev–Trinajstić information content (AvgIpc) is 2.29. The fraction of sp³-hybridized carbons (Fsp3) is 1.00. The van der Waals surface area contributed by atoms with E-state index in [-0.39, 0.29) is 0 Å².